The molecule has 0 aromatic heterocycles. The maximum Gasteiger partial charge on any atom is 0.323 e. The van der Waals surface area contributed by atoms with Gasteiger partial charge in [-0.1, -0.05) is 60.7 Å². The van der Waals surface area contributed by atoms with Crippen molar-refractivity contribution >= 4 is 35.3 Å². The molecule has 0 bridgehead atoms. The molecule has 3 N–H and O–H groups in total. The van der Waals surface area contributed by atoms with Crippen molar-refractivity contribution in [2.75, 3.05) is 38.1 Å². The minimum atomic E-state index is -1.01. The van der Waals surface area contributed by atoms with E-state index in [1.54, 1.807) is 76.8 Å². The molecule has 0 aliphatic carbocycles. The fourth-order valence-corrected chi connectivity index (χ4v) is 4.93. The Morgan fingerprint density at radius 1 is 0.553 bits per heavy atom. The van der Waals surface area contributed by atoms with Crippen LogP contribution in [0.5, 0.6) is 11.5 Å². The molecule has 1 unspecified atom stereocenters. The van der Waals surface area contributed by atoms with Crippen LogP contribution in [0, 0.1) is 0 Å². The number of imide groups is 1. The lowest BCUT2D eigenvalue weighted by molar-refractivity contribution is -0.120. The lowest BCUT2D eigenvalue weighted by Crippen LogP contribution is -2.57. The van der Waals surface area contributed by atoms with Gasteiger partial charge in [0.25, 0.3) is 0 Å². The molecular formula is C36H39N5O6. The number of methoxy groups -OCH3 is 2. The van der Waals surface area contributed by atoms with Crippen LogP contribution in [0.2, 0.25) is 0 Å². The zero-order valence-electron chi connectivity index (χ0n) is 26.8. The predicted octanol–water partition coefficient (Wildman–Crippen LogP) is 4.56. The number of rotatable bonds is 12. The van der Waals surface area contributed by atoms with E-state index in [1.807, 2.05) is 60.7 Å². The van der Waals surface area contributed by atoms with Crippen LogP contribution in [0.25, 0.3) is 0 Å². The summed E-state index contributed by atoms with van der Waals surface area (Å²) in [4.78, 5) is 56.4. The average molecular weight is 638 g/mol. The summed E-state index contributed by atoms with van der Waals surface area (Å²) in [7, 11) is 6.32. The van der Waals surface area contributed by atoms with Gasteiger partial charge in [-0.2, -0.15) is 0 Å². The van der Waals surface area contributed by atoms with Crippen LogP contribution in [0.15, 0.2) is 109 Å². The van der Waals surface area contributed by atoms with E-state index in [1.165, 1.54) is 9.80 Å². The first kappa shape index (κ1) is 34.0. The van der Waals surface area contributed by atoms with Gasteiger partial charge in [-0.15, -0.1) is 0 Å². The molecule has 0 saturated carbocycles. The fourth-order valence-electron chi connectivity index (χ4n) is 4.93. The van der Waals surface area contributed by atoms with E-state index in [-0.39, 0.29) is 12.8 Å². The number of anilines is 2. The molecule has 6 amide bonds. The molecule has 0 aliphatic rings. The number of carbonyl (C=O) groups is 4. The van der Waals surface area contributed by atoms with E-state index in [4.69, 9.17) is 9.47 Å². The molecular weight excluding hydrogens is 598 g/mol. The smallest absolute Gasteiger partial charge is 0.323 e. The molecule has 11 nitrogen and oxygen atoms in total. The van der Waals surface area contributed by atoms with Crippen LogP contribution < -0.4 is 35.2 Å². The Labute approximate surface area is 274 Å². The van der Waals surface area contributed by atoms with Crippen molar-refractivity contribution < 1.29 is 28.7 Å². The maximum absolute atomic E-state index is 13.6. The number of nitrogens with zero attached hydrogens (tertiary/aromatic N) is 2. The van der Waals surface area contributed by atoms with Gasteiger partial charge in [0.15, 0.2) is 0 Å². The molecule has 0 fully saturated rings. The van der Waals surface area contributed by atoms with Crippen molar-refractivity contribution in [1.29, 1.82) is 0 Å². The van der Waals surface area contributed by atoms with Crippen molar-refractivity contribution in [3.05, 3.63) is 120 Å². The van der Waals surface area contributed by atoms with E-state index in [0.717, 1.165) is 11.1 Å². The SMILES string of the molecule is COc1ccc(N(C)C(=O)C(Cc2ccccc2)NC(=O)NC(=O)N[C@@H](Cc2ccccc2)C(=O)N(C)c2ccc(OC)cc2)cc1. The summed E-state index contributed by atoms with van der Waals surface area (Å²) in [5.41, 5.74) is 2.82. The number of hydrogen-bond acceptors (Lipinski definition) is 6. The summed E-state index contributed by atoms with van der Waals surface area (Å²) < 4.78 is 10.4. The van der Waals surface area contributed by atoms with Crippen molar-refractivity contribution in [3.8, 4) is 11.5 Å². The maximum atomic E-state index is 13.6. The molecule has 2 atom stereocenters. The minimum Gasteiger partial charge on any atom is -0.497 e. The summed E-state index contributed by atoms with van der Waals surface area (Å²) in [6, 6.07) is 28.5. The molecule has 0 radical (unpaired) electrons. The normalized spacial score (nSPS) is 11.7. The zero-order chi connectivity index (χ0) is 33.8. The summed E-state index contributed by atoms with van der Waals surface area (Å²) in [5.74, 6) is 0.483. The monoisotopic (exact) mass is 637 g/mol. The molecule has 11 heteroatoms. The Bertz CT molecular complexity index is 1510. The van der Waals surface area contributed by atoms with Crippen LogP contribution >= 0.6 is 0 Å². The topological polar surface area (TPSA) is 129 Å². The van der Waals surface area contributed by atoms with Gasteiger partial charge in [-0.3, -0.25) is 14.9 Å². The number of nitrogens with one attached hydrogen (secondary N) is 3. The van der Waals surface area contributed by atoms with Gasteiger partial charge >= 0.3 is 12.1 Å². The first-order chi connectivity index (χ1) is 22.7. The van der Waals surface area contributed by atoms with Crippen LogP contribution in [-0.4, -0.2) is 64.3 Å². The van der Waals surface area contributed by atoms with Crippen LogP contribution in [0.3, 0.4) is 0 Å². The van der Waals surface area contributed by atoms with Gasteiger partial charge in [0.05, 0.1) is 14.2 Å². The van der Waals surface area contributed by atoms with E-state index in [2.05, 4.69) is 16.0 Å². The fraction of sp³-hybridized carbons (Fsp3) is 0.222. The Balaban J connectivity index is 1.48. The Morgan fingerprint density at radius 3 is 1.21 bits per heavy atom. The molecule has 0 spiro atoms. The van der Waals surface area contributed by atoms with E-state index in [0.29, 0.717) is 22.9 Å². The highest BCUT2D eigenvalue weighted by atomic mass is 16.5. The molecule has 4 rings (SSSR count). The van der Waals surface area contributed by atoms with Gasteiger partial charge < -0.3 is 29.9 Å². The van der Waals surface area contributed by atoms with Gasteiger partial charge in [-0.05, 0) is 59.7 Å². The van der Waals surface area contributed by atoms with E-state index < -0.39 is 36.0 Å². The van der Waals surface area contributed by atoms with Crippen molar-refractivity contribution in [3.63, 3.8) is 0 Å². The first-order valence-corrected chi connectivity index (χ1v) is 15.0. The summed E-state index contributed by atoms with van der Waals surface area (Å²) >= 11 is 0. The second-order valence-electron chi connectivity index (χ2n) is 10.7. The Morgan fingerprint density at radius 2 is 0.894 bits per heavy atom. The van der Waals surface area contributed by atoms with Gasteiger partial charge in [-0.25, -0.2) is 9.59 Å². The summed E-state index contributed by atoms with van der Waals surface area (Å²) in [5, 5.41) is 7.53. The lowest BCUT2D eigenvalue weighted by Gasteiger charge is -2.26. The highest BCUT2D eigenvalue weighted by Crippen LogP contribution is 2.21. The summed E-state index contributed by atoms with van der Waals surface area (Å²) in [6.45, 7) is 0. The quantitative estimate of drug-likeness (QED) is 0.209. The van der Waals surface area contributed by atoms with Crippen molar-refractivity contribution in [1.82, 2.24) is 16.0 Å². The lowest BCUT2D eigenvalue weighted by atomic mass is 10.0. The molecule has 244 valence electrons. The molecule has 0 heterocycles. The van der Waals surface area contributed by atoms with Crippen LogP contribution in [0.4, 0.5) is 21.0 Å². The zero-order valence-corrected chi connectivity index (χ0v) is 26.8. The number of amides is 6. The Hall–Kier alpha value is -5.84. The number of urea groups is 2. The standard InChI is InChI=1S/C36H39N5O6/c1-40(27-15-19-29(46-3)20-16-27)33(42)31(23-25-11-7-5-8-12-25)37-35(44)39-36(45)38-32(24-26-13-9-6-10-14-26)34(43)41(2)28-17-21-30(47-4)22-18-28/h5-22,31-32H,23-24H2,1-4H3,(H3,37,38,39,44,45)/t31-,32?/m0/s1. The largest absolute Gasteiger partial charge is 0.497 e. The predicted molar refractivity (Wildman–Crippen MR) is 181 cm³/mol. The third-order valence-electron chi connectivity index (χ3n) is 7.58. The molecule has 4 aromatic rings. The molecule has 4 aromatic carbocycles. The minimum absolute atomic E-state index is 0.178. The number of benzene rings is 4. The molecule has 47 heavy (non-hydrogen) atoms. The molecule has 0 saturated heterocycles. The number of hydrogen-bond donors (Lipinski definition) is 3. The van der Waals surface area contributed by atoms with Gasteiger partial charge in [0, 0.05) is 38.3 Å². The first-order valence-electron chi connectivity index (χ1n) is 15.0. The summed E-state index contributed by atoms with van der Waals surface area (Å²) in [6.07, 6.45) is 0.355. The Kier molecular flexibility index (Phi) is 11.9. The average Bonchev–Trinajstić information content (AvgIpc) is 3.10. The van der Waals surface area contributed by atoms with Crippen LogP contribution in [-0.2, 0) is 22.4 Å². The van der Waals surface area contributed by atoms with E-state index in [9.17, 15) is 19.2 Å². The highest BCUT2D eigenvalue weighted by Gasteiger charge is 2.29. The second kappa shape index (κ2) is 16.5. The highest BCUT2D eigenvalue weighted by molar-refractivity contribution is 6.03. The van der Waals surface area contributed by atoms with Crippen molar-refractivity contribution in [2.45, 2.75) is 24.9 Å². The van der Waals surface area contributed by atoms with Gasteiger partial charge in [0.1, 0.15) is 23.6 Å². The number of carbonyl (C=O) groups excluding carboxylic acids is 4. The number of likely N-dealkylation sites (N-methyl/N-ethyl adjacent to an activating group) is 2. The third-order valence-corrected chi connectivity index (χ3v) is 7.58. The van der Waals surface area contributed by atoms with Crippen molar-refractivity contribution in [2.24, 2.45) is 0 Å². The third kappa shape index (κ3) is 9.57. The van der Waals surface area contributed by atoms with E-state index >= 15 is 0 Å². The molecule has 0 aliphatic heterocycles. The van der Waals surface area contributed by atoms with Gasteiger partial charge in [0.2, 0.25) is 11.8 Å². The van der Waals surface area contributed by atoms with Crippen LogP contribution in [0.1, 0.15) is 11.1 Å². The second-order valence-corrected chi connectivity index (χ2v) is 10.7. The number of ether oxygens (including phenoxy) is 2.